The summed E-state index contributed by atoms with van der Waals surface area (Å²) in [6.45, 7) is 3.74. The van der Waals surface area contributed by atoms with Gasteiger partial charge in [0, 0.05) is 18.4 Å². The largest absolute Gasteiger partial charge is 0.397 e. The molecule has 2 rings (SSSR count). The minimum atomic E-state index is -0.283. The average Bonchev–Trinajstić information content (AvgIpc) is 2.37. The first-order chi connectivity index (χ1) is 8.58. The summed E-state index contributed by atoms with van der Waals surface area (Å²) in [5, 5.41) is 3.28. The Labute approximate surface area is 106 Å². The molecule has 2 aromatic rings. The fourth-order valence-corrected chi connectivity index (χ4v) is 1.79. The number of aryl methyl sites for hydroxylation is 1. The van der Waals surface area contributed by atoms with E-state index in [1.165, 1.54) is 6.07 Å². The Hall–Kier alpha value is -2.10. The number of pyridine rings is 1. The third-order valence-corrected chi connectivity index (χ3v) is 2.91. The Bertz CT molecular complexity index is 540. The van der Waals surface area contributed by atoms with E-state index in [0.29, 0.717) is 11.3 Å². The number of aromatic nitrogens is 1. The summed E-state index contributed by atoms with van der Waals surface area (Å²) in [6, 6.07) is 7.02. The zero-order valence-electron chi connectivity index (χ0n) is 10.4. The molecule has 0 fully saturated rings. The highest BCUT2D eigenvalue weighted by Gasteiger charge is 2.09. The molecular formula is C14H16FN3. The van der Waals surface area contributed by atoms with Crippen molar-refractivity contribution in [3.05, 3.63) is 53.6 Å². The Morgan fingerprint density at radius 2 is 1.94 bits per heavy atom. The van der Waals surface area contributed by atoms with Crippen LogP contribution in [0.3, 0.4) is 0 Å². The maximum atomic E-state index is 13.3. The molecule has 1 heterocycles. The van der Waals surface area contributed by atoms with E-state index >= 15 is 0 Å². The van der Waals surface area contributed by atoms with Crippen LogP contribution in [0.1, 0.15) is 24.1 Å². The lowest BCUT2D eigenvalue weighted by molar-refractivity contribution is 0.619. The molecule has 0 aliphatic rings. The smallest absolute Gasteiger partial charge is 0.128 e. The lowest BCUT2D eigenvalue weighted by Gasteiger charge is -2.17. The van der Waals surface area contributed by atoms with E-state index in [1.54, 1.807) is 25.4 Å². The predicted molar refractivity (Wildman–Crippen MR) is 71.8 cm³/mol. The Balaban J connectivity index is 2.22. The standard InChI is InChI=1S/C14H16FN3/c1-9-7-14(13(16)8-12(9)15)18-10(2)11-3-5-17-6-4-11/h3-8,10,18H,16H2,1-2H3. The summed E-state index contributed by atoms with van der Waals surface area (Å²) in [5.41, 5.74) is 8.65. The summed E-state index contributed by atoms with van der Waals surface area (Å²) in [4.78, 5) is 3.98. The molecule has 0 radical (unpaired) electrons. The van der Waals surface area contributed by atoms with Crippen LogP contribution < -0.4 is 11.1 Å². The Kier molecular flexibility index (Phi) is 3.46. The third-order valence-electron chi connectivity index (χ3n) is 2.91. The number of nitrogens with two attached hydrogens (primary N) is 1. The average molecular weight is 245 g/mol. The van der Waals surface area contributed by atoms with Crippen molar-refractivity contribution in [3.8, 4) is 0 Å². The molecule has 1 aromatic carbocycles. The van der Waals surface area contributed by atoms with Crippen LogP contribution in [0, 0.1) is 12.7 Å². The number of anilines is 2. The van der Waals surface area contributed by atoms with E-state index in [0.717, 1.165) is 11.3 Å². The summed E-state index contributed by atoms with van der Waals surface area (Å²) in [7, 11) is 0. The van der Waals surface area contributed by atoms with Gasteiger partial charge in [-0.2, -0.15) is 0 Å². The van der Waals surface area contributed by atoms with E-state index in [4.69, 9.17) is 5.73 Å². The van der Waals surface area contributed by atoms with Crippen molar-refractivity contribution in [2.75, 3.05) is 11.1 Å². The van der Waals surface area contributed by atoms with E-state index in [-0.39, 0.29) is 11.9 Å². The van der Waals surface area contributed by atoms with Gasteiger partial charge in [0.05, 0.1) is 11.4 Å². The predicted octanol–water partition coefficient (Wildman–Crippen LogP) is 3.28. The monoisotopic (exact) mass is 245 g/mol. The second-order valence-corrected chi connectivity index (χ2v) is 4.34. The van der Waals surface area contributed by atoms with Crippen LogP contribution >= 0.6 is 0 Å². The maximum absolute atomic E-state index is 13.3. The van der Waals surface area contributed by atoms with Gasteiger partial charge in [-0.1, -0.05) is 0 Å². The summed E-state index contributed by atoms with van der Waals surface area (Å²) < 4.78 is 13.3. The lowest BCUT2D eigenvalue weighted by Crippen LogP contribution is -2.09. The fraction of sp³-hybridized carbons (Fsp3) is 0.214. The molecule has 0 aliphatic carbocycles. The SMILES string of the molecule is Cc1cc(NC(C)c2ccncc2)c(N)cc1F. The molecule has 94 valence electrons. The highest BCUT2D eigenvalue weighted by molar-refractivity contribution is 5.67. The van der Waals surface area contributed by atoms with Crippen LogP contribution in [-0.2, 0) is 0 Å². The second kappa shape index (κ2) is 5.04. The van der Waals surface area contributed by atoms with Crippen molar-refractivity contribution in [3.63, 3.8) is 0 Å². The van der Waals surface area contributed by atoms with Crippen molar-refractivity contribution in [2.24, 2.45) is 0 Å². The van der Waals surface area contributed by atoms with Crippen LogP contribution in [-0.4, -0.2) is 4.98 Å². The molecule has 0 spiro atoms. The molecule has 0 amide bonds. The molecule has 0 saturated carbocycles. The summed E-state index contributed by atoms with van der Waals surface area (Å²) >= 11 is 0. The van der Waals surface area contributed by atoms with Crippen LogP contribution in [0.15, 0.2) is 36.7 Å². The van der Waals surface area contributed by atoms with Crippen molar-refractivity contribution >= 4 is 11.4 Å². The van der Waals surface area contributed by atoms with Gasteiger partial charge in [-0.3, -0.25) is 4.98 Å². The number of hydrogen-bond acceptors (Lipinski definition) is 3. The Morgan fingerprint density at radius 3 is 2.61 bits per heavy atom. The second-order valence-electron chi connectivity index (χ2n) is 4.34. The van der Waals surface area contributed by atoms with Gasteiger partial charge >= 0.3 is 0 Å². The number of hydrogen-bond donors (Lipinski definition) is 2. The topological polar surface area (TPSA) is 50.9 Å². The van der Waals surface area contributed by atoms with Gasteiger partial charge in [-0.15, -0.1) is 0 Å². The van der Waals surface area contributed by atoms with Crippen LogP contribution in [0.4, 0.5) is 15.8 Å². The van der Waals surface area contributed by atoms with E-state index in [2.05, 4.69) is 10.3 Å². The van der Waals surface area contributed by atoms with Crippen LogP contribution in [0.2, 0.25) is 0 Å². The molecule has 0 aliphatic heterocycles. The lowest BCUT2D eigenvalue weighted by atomic mass is 10.1. The van der Waals surface area contributed by atoms with Gasteiger partial charge in [-0.05, 0) is 49.2 Å². The normalized spacial score (nSPS) is 12.2. The van der Waals surface area contributed by atoms with Crippen molar-refractivity contribution in [2.45, 2.75) is 19.9 Å². The highest BCUT2D eigenvalue weighted by atomic mass is 19.1. The molecular weight excluding hydrogens is 229 g/mol. The number of nitrogens with one attached hydrogen (secondary N) is 1. The first-order valence-corrected chi connectivity index (χ1v) is 5.80. The molecule has 3 nitrogen and oxygen atoms in total. The molecule has 1 aromatic heterocycles. The summed E-state index contributed by atoms with van der Waals surface area (Å²) in [6.07, 6.45) is 3.49. The van der Waals surface area contributed by atoms with Crippen molar-refractivity contribution < 1.29 is 4.39 Å². The molecule has 0 saturated heterocycles. The minimum absolute atomic E-state index is 0.0835. The van der Waals surface area contributed by atoms with Gasteiger partial charge in [0.2, 0.25) is 0 Å². The van der Waals surface area contributed by atoms with Crippen molar-refractivity contribution in [1.29, 1.82) is 0 Å². The van der Waals surface area contributed by atoms with Gasteiger partial charge in [0.1, 0.15) is 5.82 Å². The molecule has 3 N–H and O–H groups in total. The number of benzene rings is 1. The van der Waals surface area contributed by atoms with E-state index < -0.39 is 0 Å². The van der Waals surface area contributed by atoms with Gasteiger partial charge in [-0.25, -0.2) is 4.39 Å². The molecule has 0 bridgehead atoms. The molecule has 18 heavy (non-hydrogen) atoms. The third kappa shape index (κ3) is 2.59. The quantitative estimate of drug-likeness (QED) is 0.816. The van der Waals surface area contributed by atoms with Crippen LogP contribution in [0.5, 0.6) is 0 Å². The maximum Gasteiger partial charge on any atom is 0.128 e. The van der Waals surface area contributed by atoms with Gasteiger partial charge < -0.3 is 11.1 Å². The number of rotatable bonds is 3. The highest BCUT2D eigenvalue weighted by Crippen LogP contribution is 2.26. The zero-order chi connectivity index (χ0) is 13.1. The first kappa shape index (κ1) is 12.4. The molecule has 4 heteroatoms. The zero-order valence-corrected chi connectivity index (χ0v) is 10.4. The van der Waals surface area contributed by atoms with Gasteiger partial charge in [0.25, 0.3) is 0 Å². The minimum Gasteiger partial charge on any atom is -0.397 e. The molecule has 1 atom stereocenters. The number of nitrogen functional groups attached to an aromatic ring is 1. The molecule has 1 unspecified atom stereocenters. The van der Waals surface area contributed by atoms with E-state index in [9.17, 15) is 4.39 Å². The van der Waals surface area contributed by atoms with E-state index in [1.807, 2.05) is 19.1 Å². The number of halogens is 1. The van der Waals surface area contributed by atoms with Crippen molar-refractivity contribution in [1.82, 2.24) is 4.98 Å². The van der Waals surface area contributed by atoms with Crippen LogP contribution in [0.25, 0.3) is 0 Å². The fourth-order valence-electron chi connectivity index (χ4n) is 1.79. The van der Waals surface area contributed by atoms with Gasteiger partial charge in [0.15, 0.2) is 0 Å². The summed E-state index contributed by atoms with van der Waals surface area (Å²) in [5.74, 6) is -0.283. The number of nitrogens with zero attached hydrogens (tertiary/aromatic N) is 1. The Morgan fingerprint density at radius 1 is 1.28 bits per heavy atom. The first-order valence-electron chi connectivity index (χ1n) is 5.80.